The van der Waals surface area contributed by atoms with Crippen LogP contribution in [0, 0.1) is 0 Å². The third-order valence-electron chi connectivity index (χ3n) is 3.48. The average molecular weight is 327 g/mol. The van der Waals surface area contributed by atoms with Crippen LogP contribution in [0.5, 0.6) is 17.2 Å². The van der Waals surface area contributed by atoms with E-state index in [4.69, 9.17) is 9.47 Å². The number of amides is 1. The van der Waals surface area contributed by atoms with E-state index in [9.17, 15) is 9.90 Å². The summed E-state index contributed by atoms with van der Waals surface area (Å²) in [4.78, 5) is 11.8. The summed E-state index contributed by atoms with van der Waals surface area (Å²) >= 11 is 0. The maximum atomic E-state index is 11.8. The fourth-order valence-corrected chi connectivity index (χ4v) is 2.19. The van der Waals surface area contributed by atoms with Crippen molar-refractivity contribution in [2.75, 3.05) is 20.8 Å². The Morgan fingerprint density at radius 3 is 2.75 bits per heavy atom. The fraction of sp³-hybridized carbons (Fsp3) is 0.211. The van der Waals surface area contributed by atoms with Crippen molar-refractivity contribution in [3.8, 4) is 17.2 Å². The van der Waals surface area contributed by atoms with E-state index in [1.165, 1.54) is 19.3 Å². The second-order valence-electron chi connectivity index (χ2n) is 5.16. The van der Waals surface area contributed by atoms with Gasteiger partial charge in [0.25, 0.3) is 0 Å². The Morgan fingerprint density at radius 1 is 1.17 bits per heavy atom. The van der Waals surface area contributed by atoms with Crippen LogP contribution in [0.1, 0.15) is 11.1 Å². The van der Waals surface area contributed by atoms with E-state index in [0.717, 1.165) is 23.3 Å². The summed E-state index contributed by atoms with van der Waals surface area (Å²) in [7, 11) is 3.11. The topological polar surface area (TPSA) is 67.8 Å². The molecule has 0 aliphatic rings. The number of methoxy groups -OCH3 is 2. The molecule has 0 bridgehead atoms. The predicted molar refractivity (Wildman–Crippen MR) is 93.4 cm³/mol. The first-order chi connectivity index (χ1) is 11.6. The molecule has 0 radical (unpaired) electrons. The SMILES string of the molecule is COc1cccc(CCNC(=O)/C=C\c2ccc(O)c(OC)c2)c1. The van der Waals surface area contributed by atoms with E-state index in [0.29, 0.717) is 12.3 Å². The first-order valence-electron chi connectivity index (χ1n) is 7.58. The molecule has 1 amide bonds. The molecule has 0 heterocycles. The number of phenols is 1. The number of hydrogen-bond donors (Lipinski definition) is 2. The maximum Gasteiger partial charge on any atom is 0.244 e. The zero-order valence-electron chi connectivity index (χ0n) is 13.8. The molecule has 0 fully saturated rings. The first-order valence-corrected chi connectivity index (χ1v) is 7.58. The third kappa shape index (κ3) is 5.05. The van der Waals surface area contributed by atoms with Gasteiger partial charge in [0, 0.05) is 12.6 Å². The Kier molecular flexibility index (Phi) is 6.25. The van der Waals surface area contributed by atoms with Gasteiger partial charge in [0.15, 0.2) is 11.5 Å². The number of hydrogen-bond acceptors (Lipinski definition) is 4. The lowest BCUT2D eigenvalue weighted by atomic mass is 10.1. The molecular formula is C19H21NO4. The smallest absolute Gasteiger partial charge is 0.244 e. The number of phenolic OH excluding ortho intramolecular Hbond substituents is 1. The molecule has 2 rings (SSSR count). The van der Waals surface area contributed by atoms with Gasteiger partial charge in [0.1, 0.15) is 5.75 Å². The molecule has 0 saturated heterocycles. The summed E-state index contributed by atoms with van der Waals surface area (Å²) in [5.41, 5.74) is 1.87. The van der Waals surface area contributed by atoms with Crippen LogP contribution in [0.25, 0.3) is 6.08 Å². The highest BCUT2D eigenvalue weighted by molar-refractivity contribution is 5.91. The van der Waals surface area contributed by atoms with Crippen LogP contribution in [0.4, 0.5) is 0 Å². The van der Waals surface area contributed by atoms with Gasteiger partial charge in [-0.25, -0.2) is 0 Å². The van der Waals surface area contributed by atoms with Gasteiger partial charge in [-0.05, 0) is 47.9 Å². The zero-order valence-corrected chi connectivity index (χ0v) is 13.8. The molecule has 2 N–H and O–H groups in total. The van der Waals surface area contributed by atoms with Crippen LogP contribution in [0.15, 0.2) is 48.5 Å². The van der Waals surface area contributed by atoms with Crippen LogP contribution in [0.2, 0.25) is 0 Å². The number of carbonyl (C=O) groups is 1. The monoisotopic (exact) mass is 327 g/mol. The minimum atomic E-state index is -0.176. The van der Waals surface area contributed by atoms with E-state index in [1.807, 2.05) is 24.3 Å². The standard InChI is InChI=1S/C19H21NO4/c1-23-16-5-3-4-14(12-16)10-11-20-19(22)9-7-15-6-8-17(21)18(13-15)24-2/h3-9,12-13,21H,10-11H2,1-2H3,(H,20,22)/b9-7-. The second-order valence-corrected chi connectivity index (χ2v) is 5.16. The van der Waals surface area contributed by atoms with E-state index in [2.05, 4.69) is 5.32 Å². The number of carbonyl (C=O) groups excluding carboxylic acids is 1. The molecule has 0 atom stereocenters. The Hall–Kier alpha value is -2.95. The second kappa shape index (κ2) is 8.62. The van der Waals surface area contributed by atoms with E-state index in [-0.39, 0.29) is 11.7 Å². The van der Waals surface area contributed by atoms with Crippen molar-refractivity contribution in [1.82, 2.24) is 5.32 Å². The van der Waals surface area contributed by atoms with Crippen LogP contribution in [-0.4, -0.2) is 31.8 Å². The van der Waals surface area contributed by atoms with Crippen LogP contribution < -0.4 is 14.8 Å². The molecule has 0 aliphatic carbocycles. The average Bonchev–Trinajstić information content (AvgIpc) is 2.61. The van der Waals surface area contributed by atoms with Gasteiger partial charge in [0.05, 0.1) is 14.2 Å². The molecule has 0 spiro atoms. The lowest BCUT2D eigenvalue weighted by Crippen LogP contribution is -2.23. The molecule has 0 saturated carbocycles. The molecule has 5 heteroatoms. The van der Waals surface area contributed by atoms with Crippen LogP contribution >= 0.6 is 0 Å². The number of benzene rings is 2. The lowest BCUT2D eigenvalue weighted by Gasteiger charge is -2.05. The number of rotatable bonds is 7. The normalized spacial score (nSPS) is 10.6. The largest absolute Gasteiger partial charge is 0.504 e. The van der Waals surface area contributed by atoms with Crippen molar-refractivity contribution in [3.63, 3.8) is 0 Å². The van der Waals surface area contributed by atoms with E-state index in [1.54, 1.807) is 25.3 Å². The summed E-state index contributed by atoms with van der Waals surface area (Å²) in [6, 6.07) is 12.6. The molecule has 2 aromatic rings. The Morgan fingerprint density at radius 2 is 2.00 bits per heavy atom. The van der Waals surface area contributed by atoms with Crippen molar-refractivity contribution in [2.45, 2.75) is 6.42 Å². The summed E-state index contributed by atoms with van der Waals surface area (Å²) in [6.07, 6.45) is 3.85. The minimum Gasteiger partial charge on any atom is -0.504 e. The Labute approximate surface area is 141 Å². The summed E-state index contributed by atoms with van der Waals surface area (Å²) in [6.45, 7) is 0.537. The number of nitrogens with one attached hydrogen (secondary N) is 1. The summed E-state index contributed by atoms with van der Waals surface area (Å²) < 4.78 is 10.2. The molecule has 0 aliphatic heterocycles. The molecule has 5 nitrogen and oxygen atoms in total. The molecule has 0 unspecified atom stereocenters. The molecule has 2 aromatic carbocycles. The molecule has 24 heavy (non-hydrogen) atoms. The van der Waals surface area contributed by atoms with Gasteiger partial charge in [-0.15, -0.1) is 0 Å². The fourth-order valence-electron chi connectivity index (χ4n) is 2.19. The van der Waals surface area contributed by atoms with Crippen molar-refractivity contribution in [3.05, 3.63) is 59.7 Å². The Bertz CT molecular complexity index is 725. The van der Waals surface area contributed by atoms with Crippen molar-refractivity contribution < 1.29 is 19.4 Å². The minimum absolute atomic E-state index is 0.0670. The highest BCUT2D eigenvalue weighted by atomic mass is 16.5. The highest BCUT2D eigenvalue weighted by Gasteiger charge is 2.02. The zero-order chi connectivity index (χ0) is 17.4. The van der Waals surface area contributed by atoms with Gasteiger partial charge in [-0.2, -0.15) is 0 Å². The van der Waals surface area contributed by atoms with Gasteiger partial charge in [0.2, 0.25) is 5.91 Å². The van der Waals surface area contributed by atoms with Crippen molar-refractivity contribution in [1.29, 1.82) is 0 Å². The maximum absolute atomic E-state index is 11.8. The summed E-state index contributed by atoms with van der Waals surface area (Å²) in [5.74, 6) is 1.07. The Balaban J connectivity index is 1.84. The predicted octanol–water partition coefficient (Wildman–Crippen LogP) is 2.78. The lowest BCUT2D eigenvalue weighted by molar-refractivity contribution is -0.116. The van der Waals surface area contributed by atoms with Crippen LogP contribution in [0.3, 0.4) is 0 Å². The van der Waals surface area contributed by atoms with E-state index >= 15 is 0 Å². The first kappa shape index (κ1) is 17.4. The van der Waals surface area contributed by atoms with Gasteiger partial charge >= 0.3 is 0 Å². The van der Waals surface area contributed by atoms with Gasteiger partial charge < -0.3 is 19.9 Å². The third-order valence-corrected chi connectivity index (χ3v) is 3.48. The van der Waals surface area contributed by atoms with Crippen molar-refractivity contribution in [2.24, 2.45) is 0 Å². The highest BCUT2D eigenvalue weighted by Crippen LogP contribution is 2.26. The number of ether oxygens (including phenoxy) is 2. The van der Waals surface area contributed by atoms with E-state index < -0.39 is 0 Å². The van der Waals surface area contributed by atoms with Crippen LogP contribution in [-0.2, 0) is 11.2 Å². The summed E-state index contributed by atoms with van der Waals surface area (Å²) in [5, 5.41) is 12.4. The molecular weight excluding hydrogens is 306 g/mol. The van der Waals surface area contributed by atoms with Gasteiger partial charge in [-0.3, -0.25) is 4.79 Å². The van der Waals surface area contributed by atoms with Gasteiger partial charge in [-0.1, -0.05) is 18.2 Å². The molecule has 0 aromatic heterocycles. The molecule has 126 valence electrons. The quantitative estimate of drug-likeness (QED) is 0.767. The van der Waals surface area contributed by atoms with Crippen molar-refractivity contribution >= 4 is 12.0 Å². The number of aromatic hydroxyl groups is 1.